The normalized spacial score (nSPS) is 13.5. The van der Waals surface area contributed by atoms with Crippen LogP contribution < -0.4 is 10.6 Å². The lowest BCUT2D eigenvalue weighted by Crippen LogP contribution is -2.56. The number of halogens is 1. The van der Waals surface area contributed by atoms with Crippen LogP contribution in [0.4, 0.5) is 4.39 Å². The van der Waals surface area contributed by atoms with Crippen LogP contribution in [0.5, 0.6) is 0 Å². The maximum absolute atomic E-state index is 14.0. The summed E-state index contributed by atoms with van der Waals surface area (Å²) >= 11 is 0. The first kappa shape index (κ1) is 25.5. The average Bonchev–Trinajstić information content (AvgIpc) is 2.71. The van der Waals surface area contributed by atoms with Gasteiger partial charge in [0, 0.05) is 19.3 Å². The molecule has 0 radical (unpaired) electrons. The van der Waals surface area contributed by atoms with Crippen LogP contribution in [-0.2, 0) is 39.9 Å². The molecule has 0 spiro atoms. The number of carbonyl (C=O) groups is 5. The number of rotatable bonds is 10. The van der Waals surface area contributed by atoms with Crippen LogP contribution in [0, 0.1) is 17.7 Å². The molecule has 0 aliphatic heterocycles. The van der Waals surface area contributed by atoms with Gasteiger partial charge in [0.2, 0.25) is 11.8 Å². The molecule has 0 unspecified atom stereocenters. The average molecular weight is 440 g/mol. The van der Waals surface area contributed by atoms with Gasteiger partial charge in [-0.3, -0.25) is 19.2 Å². The number of nitrogens with one attached hydrogen (secondary N) is 2. The van der Waals surface area contributed by atoms with E-state index in [2.05, 4.69) is 20.1 Å². The predicted molar refractivity (Wildman–Crippen MR) is 104 cm³/mol. The van der Waals surface area contributed by atoms with Crippen molar-refractivity contribution in [2.45, 2.75) is 32.4 Å². The molecule has 1 aromatic rings. The molecule has 2 amide bonds. The first-order valence-electron chi connectivity index (χ1n) is 9.22. The molecule has 0 saturated carbocycles. The van der Waals surface area contributed by atoms with Crippen molar-refractivity contribution in [2.75, 3.05) is 14.2 Å². The molecule has 0 aliphatic carbocycles. The van der Waals surface area contributed by atoms with Gasteiger partial charge in [-0.2, -0.15) is 0 Å². The summed E-state index contributed by atoms with van der Waals surface area (Å²) in [6.07, 6.45) is -0.254. The minimum Gasteiger partial charge on any atom is -0.480 e. The van der Waals surface area contributed by atoms with E-state index in [-0.39, 0.29) is 12.0 Å². The summed E-state index contributed by atoms with van der Waals surface area (Å²) in [5, 5.41) is 14.1. The Morgan fingerprint density at radius 1 is 1.03 bits per heavy atom. The molecule has 0 aliphatic rings. The van der Waals surface area contributed by atoms with Crippen molar-refractivity contribution in [1.29, 1.82) is 0 Å². The smallest absolute Gasteiger partial charge is 0.326 e. The number of carboxylic acids is 1. The van der Waals surface area contributed by atoms with Gasteiger partial charge in [0.05, 0.1) is 14.2 Å². The van der Waals surface area contributed by atoms with Gasteiger partial charge < -0.3 is 25.2 Å². The molecule has 31 heavy (non-hydrogen) atoms. The zero-order valence-corrected chi connectivity index (χ0v) is 17.5. The summed E-state index contributed by atoms with van der Waals surface area (Å²) in [6, 6.07) is 2.57. The van der Waals surface area contributed by atoms with Crippen LogP contribution in [0.25, 0.3) is 0 Å². The molecule has 0 saturated heterocycles. The molecule has 1 aromatic carbocycles. The SMILES string of the molecule is COC(=O)C(C(=O)OC)[C@@H](C)[C@@H](NC(=O)[C@H](Cc1ccccc1F)NC(C)=O)C(=O)O. The number of amides is 2. The number of methoxy groups -OCH3 is 2. The summed E-state index contributed by atoms with van der Waals surface area (Å²) < 4.78 is 23.1. The van der Waals surface area contributed by atoms with Crippen LogP contribution in [0.1, 0.15) is 19.4 Å². The topological polar surface area (TPSA) is 148 Å². The molecule has 1 rings (SSSR count). The molecule has 0 bridgehead atoms. The second-order valence-corrected chi connectivity index (χ2v) is 6.76. The van der Waals surface area contributed by atoms with E-state index in [1.165, 1.54) is 25.1 Å². The number of aliphatic carboxylic acids is 1. The highest BCUT2D eigenvalue weighted by Crippen LogP contribution is 2.20. The second kappa shape index (κ2) is 11.6. The van der Waals surface area contributed by atoms with Gasteiger partial charge >= 0.3 is 17.9 Å². The lowest BCUT2D eigenvalue weighted by molar-refractivity contribution is -0.163. The summed E-state index contributed by atoms with van der Waals surface area (Å²) in [5.74, 6) is -8.65. The third kappa shape index (κ3) is 7.05. The zero-order valence-electron chi connectivity index (χ0n) is 17.5. The fourth-order valence-corrected chi connectivity index (χ4v) is 2.98. The van der Waals surface area contributed by atoms with Gasteiger partial charge in [-0.15, -0.1) is 0 Å². The van der Waals surface area contributed by atoms with Gasteiger partial charge in [0.15, 0.2) is 5.92 Å². The van der Waals surface area contributed by atoms with Crippen LogP contribution in [0.3, 0.4) is 0 Å². The Bertz CT molecular complexity index is 828. The number of ether oxygens (including phenoxy) is 2. The molecule has 3 atom stereocenters. The van der Waals surface area contributed by atoms with Crippen LogP contribution in [-0.4, -0.2) is 61.1 Å². The van der Waals surface area contributed by atoms with Gasteiger partial charge in [-0.05, 0) is 11.6 Å². The summed E-state index contributed by atoms with van der Waals surface area (Å²) in [7, 11) is 2.03. The maximum Gasteiger partial charge on any atom is 0.326 e. The van der Waals surface area contributed by atoms with Crippen LogP contribution in [0.15, 0.2) is 24.3 Å². The number of hydrogen-bond donors (Lipinski definition) is 3. The van der Waals surface area contributed by atoms with Crippen molar-refractivity contribution < 1.29 is 42.9 Å². The van der Waals surface area contributed by atoms with E-state index < -0.39 is 59.5 Å². The standard InChI is InChI=1S/C20H25FN2O8/c1-10(15(19(28)30-3)20(29)31-4)16(18(26)27)23-17(25)14(22-11(2)24)9-12-7-5-6-8-13(12)21/h5-8,10,14-16H,9H2,1-4H3,(H,22,24)(H,23,25)(H,26,27)/t10-,14+,16-/m1/s1. The van der Waals surface area contributed by atoms with E-state index in [0.717, 1.165) is 21.1 Å². The zero-order chi connectivity index (χ0) is 23.7. The van der Waals surface area contributed by atoms with E-state index >= 15 is 0 Å². The Balaban J connectivity index is 3.16. The fraction of sp³-hybridized carbons (Fsp3) is 0.450. The van der Waals surface area contributed by atoms with Crippen molar-refractivity contribution >= 4 is 29.7 Å². The quantitative estimate of drug-likeness (QED) is 0.341. The number of benzene rings is 1. The monoisotopic (exact) mass is 440 g/mol. The molecule has 0 fully saturated rings. The molecule has 170 valence electrons. The highest BCUT2D eigenvalue weighted by Gasteiger charge is 2.42. The van der Waals surface area contributed by atoms with Gasteiger partial charge in [0.1, 0.15) is 17.9 Å². The lowest BCUT2D eigenvalue weighted by atomic mass is 9.87. The minimum atomic E-state index is -1.72. The predicted octanol–water partition coefficient (Wildman–Crippen LogP) is 0.0406. The third-order valence-corrected chi connectivity index (χ3v) is 4.60. The fourth-order valence-electron chi connectivity index (χ4n) is 2.98. The minimum absolute atomic E-state index is 0.123. The van der Waals surface area contributed by atoms with E-state index in [4.69, 9.17) is 0 Å². The first-order valence-corrected chi connectivity index (χ1v) is 9.22. The summed E-state index contributed by atoms with van der Waals surface area (Å²) in [5.41, 5.74) is 0.123. The maximum atomic E-state index is 14.0. The Labute approximate surface area is 178 Å². The van der Waals surface area contributed by atoms with Crippen molar-refractivity contribution in [3.63, 3.8) is 0 Å². The molecule has 11 heteroatoms. The number of carboxylic acid groups (broad SMARTS) is 1. The Hall–Kier alpha value is -3.50. The number of hydrogen-bond acceptors (Lipinski definition) is 7. The highest BCUT2D eigenvalue weighted by molar-refractivity contribution is 5.97. The van der Waals surface area contributed by atoms with Crippen LogP contribution >= 0.6 is 0 Å². The lowest BCUT2D eigenvalue weighted by Gasteiger charge is -2.27. The highest BCUT2D eigenvalue weighted by atomic mass is 19.1. The number of esters is 2. The van der Waals surface area contributed by atoms with Crippen molar-refractivity contribution in [3.05, 3.63) is 35.6 Å². The Kier molecular flexibility index (Phi) is 9.58. The third-order valence-electron chi connectivity index (χ3n) is 4.60. The van der Waals surface area contributed by atoms with E-state index in [9.17, 15) is 33.5 Å². The number of carbonyl (C=O) groups excluding carboxylic acids is 4. The molecule has 0 aromatic heterocycles. The molecular formula is C20H25FN2O8. The van der Waals surface area contributed by atoms with Crippen molar-refractivity contribution in [2.24, 2.45) is 11.8 Å². The van der Waals surface area contributed by atoms with Gasteiger partial charge in [0.25, 0.3) is 0 Å². The van der Waals surface area contributed by atoms with Crippen molar-refractivity contribution in [1.82, 2.24) is 10.6 Å². The molecule has 3 N–H and O–H groups in total. The van der Waals surface area contributed by atoms with Gasteiger partial charge in [-0.1, -0.05) is 25.1 Å². The Morgan fingerprint density at radius 3 is 2.03 bits per heavy atom. The van der Waals surface area contributed by atoms with Crippen molar-refractivity contribution in [3.8, 4) is 0 Å². The summed E-state index contributed by atoms with van der Waals surface area (Å²) in [4.78, 5) is 60.1. The molecule has 10 nitrogen and oxygen atoms in total. The molecular weight excluding hydrogens is 415 g/mol. The largest absolute Gasteiger partial charge is 0.480 e. The van der Waals surface area contributed by atoms with E-state index in [1.54, 1.807) is 6.07 Å². The second-order valence-electron chi connectivity index (χ2n) is 6.76. The van der Waals surface area contributed by atoms with E-state index in [1.807, 2.05) is 0 Å². The Morgan fingerprint density at radius 2 is 1.58 bits per heavy atom. The molecule has 0 heterocycles. The van der Waals surface area contributed by atoms with Crippen LogP contribution in [0.2, 0.25) is 0 Å². The van der Waals surface area contributed by atoms with E-state index in [0.29, 0.717) is 0 Å². The summed E-state index contributed by atoms with van der Waals surface area (Å²) in [6.45, 7) is 2.39. The van der Waals surface area contributed by atoms with Gasteiger partial charge in [-0.25, -0.2) is 9.18 Å². The first-order chi connectivity index (χ1) is 14.5.